The molecule has 1 aliphatic heterocycles. The van der Waals surface area contributed by atoms with E-state index >= 15 is 0 Å². The van der Waals surface area contributed by atoms with Crippen LogP contribution in [0.1, 0.15) is 25.0 Å². The number of fused-ring (bicyclic) bond motifs is 1. The van der Waals surface area contributed by atoms with E-state index in [1.54, 1.807) is 35.5 Å². The highest BCUT2D eigenvalue weighted by atomic mass is 16.5. The Hall–Kier alpha value is -3.17. The molecule has 2 heterocycles. The maximum absolute atomic E-state index is 13.0. The van der Waals surface area contributed by atoms with Gasteiger partial charge in [0, 0.05) is 62.3 Å². The Balaban J connectivity index is 1.80. The van der Waals surface area contributed by atoms with Crippen LogP contribution in [0.2, 0.25) is 0 Å². The van der Waals surface area contributed by atoms with Gasteiger partial charge < -0.3 is 30.7 Å². The van der Waals surface area contributed by atoms with E-state index in [4.69, 9.17) is 4.74 Å². The van der Waals surface area contributed by atoms with E-state index in [1.165, 1.54) is 0 Å². The smallest absolute Gasteiger partial charge is 0.319 e. The summed E-state index contributed by atoms with van der Waals surface area (Å²) in [5.41, 5.74) is 2.41. The van der Waals surface area contributed by atoms with Crippen LogP contribution in [0.3, 0.4) is 0 Å². The number of anilines is 1. The van der Waals surface area contributed by atoms with Crippen LogP contribution in [0.15, 0.2) is 42.7 Å². The molecule has 1 aliphatic rings. The third-order valence-corrected chi connectivity index (χ3v) is 5.57. The number of pyridine rings is 1. The summed E-state index contributed by atoms with van der Waals surface area (Å²) >= 11 is 0. The second kappa shape index (κ2) is 12.2. The summed E-state index contributed by atoms with van der Waals surface area (Å²) in [5, 5.41) is 18.4. The van der Waals surface area contributed by atoms with Crippen molar-refractivity contribution in [2.24, 2.45) is 5.92 Å². The molecule has 178 valence electrons. The molecule has 3 amide bonds. The van der Waals surface area contributed by atoms with Crippen molar-refractivity contribution in [3.63, 3.8) is 0 Å². The van der Waals surface area contributed by atoms with E-state index in [1.807, 2.05) is 26.0 Å². The number of nitrogens with zero attached hydrogens (tertiary/aromatic N) is 2. The predicted molar refractivity (Wildman–Crippen MR) is 126 cm³/mol. The molecule has 0 saturated carbocycles. The molecule has 9 heteroatoms. The molecule has 2 aromatic rings. The Labute approximate surface area is 194 Å². The maximum atomic E-state index is 13.0. The summed E-state index contributed by atoms with van der Waals surface area (Å²) in [6.45, 7) is 6.32. The number of carbonyl (C=O) groups excluding carboxylic acids is 2. The van der Waals surface area contributed by atoms with Crippen molar-refractivity contribution in [3.05, 3.63) is 53.9 Å². The molecule has 1 aromatic heterocycles. The van der Waals surface area contributed by atoms with Crippen LogP contribution in [0.25, 0.3) is 0 Å². The molecule has 0 saturated heterocycles. The molecule has 0 radical (unpaired) electrons. The van der Waals surface area contributed by atoms with Gasteiger partial charge in [-0.2, -0.15) is 0 Å². The zero-order valence-corrected chi connectivity index (χ0v) is 19.2. The molecule has 0 aliphatic carbocycles. The summed E-state index contributed by atoms with van der Waals surface area (Å²) in [4.78, 5) is 30.6. The third kappa shape index (κ3) is 7.16. The minimum atomic E-state index is -0.304. The largest absolute Gasteiger partial charge is 0.488 e. The Morgan fingerprint density at radius 2 is 2.06 bits per heavy atom. The van der Waals surface area contributed by atoms with E-state index in [2.05, 4.69) is 20.9 Å². The molecular formula is C24H33N5O4. The molecule has 0 spiro atoms. The first kappa shape index (κ1) is 24.5. The Kier molecular flexibility index (Phi) is 9.03. The van der Waals surface area contributed by atoms with Gasteiger partial charge in [0.2, 0.25) is 5.91 Å². The van der Waals surface area contributed by atoms with Gasteiger partial charge in [-0.05, 0) is 42.8 Å². The average Bonchev–Trinajstić information content (AvgIpc) is 2.84. The second-order valence-electron chi connectivity index (χ2n) is 8.17. The summed E-state index contributed by atoms with van der Waals surface area (Å²) in [6.07, 6.45) is 3.46. The second-order valence-corrected chi connectivity index (χ2v) is 8.17. The van der Waals surface area contributed by atoms with Crippen molar-refractivity contribution in [2.45, 2.75) is 32.9 Å². The minimum Gasteiger partial charge on any atom is -0.488 e. The van der Waals surface area contributed by atoms with Gasteiger partial charge in [0.25, 0.3) is 0 Å². The predicted octanol–water partition coefficient (Wildman–Crippen LogP) is 1.77. The number of carbonyl (C=O) groups is 2. The number of benzene rings is 1. The van der Waals surface area contributed by atoms with Crippen molar-refractivity contribution >= 4 is 17.6 Å². The summed E-state index contributed by atoms with van der Waals surface area (Å²) in [7, 11) is 0. The number of nitrogens with one attached hydrogen (secondary N) is 3. The monoisotopic (exact) mass is 455 g/mol. The van der Waals surface area contributed by atoms with Crippen molar-refractivity contribution in [1.82, 2.24) is 20.5 Å². The zero-order valence-electron chi connectivity index (χ0n) is 19.2. The first-order valence-electron chi connectivity index (χ1n) is 11.3. The molecule has 0 fully saturated rings. The Morgan fingerprint density at radius 1 is 1.27 bits per heavy atom. The minimum absolute atomic E-state index is 0.0320. The van der Waals surface area contributed by atoms with Crippen LogP contribution in [0.4, 0.5) is 10.5 Å². The molecule has 0 bridgehead atoms. The molecule has 3 rings (SSSR count). The topological polar surface area (TPSA) is 116 Å². The van der Waals surface area contributed by atoms with Crippen molar-refractivity contribution in [1.29, 1.82) is 0 Å². The fraction of sp³-hybridized carbons (Fsp3) is 0.458. The highest BCUT2D eigenvalue weighted by Gasteiger charge is 2.28. The third-order valence-electron chi connectivity index (χ3n) is 5.57. The molecule has 1 aromatic carbocycles. The number of aromatic nitrogens is 1. The van der Waals surface area contributed by atoms with E-state index in [9.17, 15) is 14.7 Å². The molecule has 9 nitrogen and oxygen atoms in total. The van der Waals surface area contributed by atoms with E-state index in [0.717, 1.165) is 5.56 Å². The first-order chi connectivity index (χ1) is 16.0. The van der Waals surface area contributed by atoms with Gasteiger partial charge in [-0.15, -0.1) is 0 Å². The molecule has 0 unspecified atom stereocenters. The number of rotatable bonds is 8. The standard InChI is InChI=1S/C24H33N5O4/c1-3-27-24(32)28-20-4-5-21-19(12-20)13-23(31)29(10-11-30)16-17(2)22(33-21)15-26-14-18-6-8-25-9-7-18/h4-9,12,17,22,26,30H,3,10-11,13-16H2,1-2H3,(H2,27,28,32)/t17-,22+/m1/s1. The van der Waals surface area contributed by atoms with Crippen molar-refractivity contribution < 1.29 is 19.4 Å². The molecular weight excluding hydrogens is 422 g/mol. The van der Waals surface area contributed by atoms with E-state index in [0.29, 0.717) is 43.2 Å². The van der Waals surface area contributed by atoms with E-state index < -0.39 is 0 Å². The number of ether oxygens (including phenoxy) is 1. The van der Waals surface area contributed by atoms with Crippen LogP contribution in [-0.4, -0.2) is 65.8 Å². The molecule has 4 N–H and O–H groups in total. The number of aliphatic hydroxyl groups excluding tert-OH is 1. The van der Waals surface area contributed by atoms with Gasteiger partial charge in [-0.3, -0.25) is 9.78 Å². The molecule has 2 atom stereocenters. The maximum Gasteiger partial charge on any atom is 0.319 e. The Bertz CT molecular complexity index is 924. The van der Waals surface area contributed by atoms with Gasteiger partial charge in [-0.25, -0.2) is 4.79 Å². The number of β-amino-alcohol motifs (C(OH)–C–C–N with tert-alkyl or cyclic N) is 1. The Morgan fingerprint density at radius 3 is 2.79 bits per heavy atom. The van der Waals surface area contributed by atoms with Crippen molar-refractivity contribution in [2.75, 3.05) is 38.1 Å². The zero-order chi connectivity index (χ0) is 23.6. The lowest BCUT2D eigenvalue weighted by atomic mass is 10.0. The first-order valence-corrected chi connectivity index (χ1v) is 11.3. The van der Waals surface area contributed by atoms with Gasteiger partial charge in [0.1, 0.15) is 11.9 Å². The fourth-order valence-corrected chi connectivity index (χ4v) is 3.81. The van der Waals surface area contributed by atoms with Crippen LogP contribution in [-0.2, 0) is 17.8 Å². The number of amides is 3. The van der Waals surface area contributed by atoms with Crippen LogP contribution in [0, 0.1) is 5.92 Å². The lowest BCUT2D eigenvalue weighted by Crippen LogP contribution is -2.43. The summed E-state index contributed by atoms with van der Waals surface area (Å²) < 4.78 is 6.40. The SMILES string of the molecule is CCNC(=O)Nc1ccc2c(c1)CC(=O)N(CCO)C[C@@H](C)[C@H](CNCc1ccncc1)O2. The highest BCUT2D eigenvalue weighted by Crippen LogP contribution is 2.28. The number of urea groups is 1. The van der Waals surface area contributed by atoms with Gasteiger partial charge in [0.15, 0.2) is 0 Å². The van der Waals surface area contributed by atoms with Crippen LogP contribution < -0.4 is 20.7 Å². The lowest BCUT2D eigenvalue weighted by Gasteiger charge is -2.29. The quantitative estimate of drug-likeness (QED) is 0.482. The highest BCUT2D eigenvalue weighted by molar-refractivity contribution is 5.89. The summed E-state index contributed by atoms with van der Waals surface area (Å²) in [6, 6.07) is 8.96. The van der Waals surface area contributed by atoms with E-state index in [-0.39, 0.29) is 43.5 Å². The normalized spacial score (nSPS) is 18.4. The summed E-state index contributed by atoms with van der Waals surface area (Å²) in [5.74, 6) is 0.573. The van der Waals surface area contributed by atoms with Crippen LogP contribution >= 0.6 is 0 Å². The number of hydrogen-bond donors (Lipinski definition) is 4. The van der Waals surface area contributed by atoms with Gasteiger partial charge in [0.05, 0.1) is 13.0 Å². The van der Waals surface area contributed by atoms with Gasteiger partial charge in [-0.1, -0.05) is 6.92 Å². The number of aliphatic hydroxyl groups is 1. The lowest BCUT2D eigenvalue weighted by molar-refractivity contribution is -0.131. The van der Waals surface area contributed by atoms with Crippen molar-refractivity contribution in [3.8, 4) is 5.75 Å². The average molecular weight is 456 g/mol. The fourth-order valence-electron chi connectivity index (χ4n) is 3.81. The molecule has 33 heavy (non-hydrogen) atoms. The number of hydrogen-bond acceptors (Lipinski definition) is 6. The van der Waals surface area contributed by atoms with Gasteiger partial charge >= 0.3 is 6.03 Å². The van der Waals surface area contributed by atoms with Crippen LogP contribution in [0.5, 0.6) is 5.75 Å².